The molecule has 2 heteroatoms. The maximum absolute atomic E-state index is 5.46. The van der Waals surface area contributed by atoms with E-state index >= 15 is 0 Å². The van der Waals surface area contributed by atoms with Crippen molar-refractivity contribution in [1.82, 2.24) is 0 Å². The fourth-order valence-electron chi connectivity index (χ4n) is 2.03. The highest BCUT2D eigenvalue weighted by molar-refractivity contribution is 5.49. The molecule has 0 amide bonds. The fourth-order valence-corrected chi connectivity index (χ4v) is 2.03. The molecule has 100 valence electrons. The predicted octanol–water partition coefficient (Wildman–Crippen LogP) is 4.37. The summed E-state index contributed by atoms with van der Waals surface area (Å²) in [5, 5.41) is 3.38. The van der Waals surface area contributed by atoms with Gasteiger partial charge in [0.1, 0.15) is 0 Å². The normalized spacial score (nSPS) is 18.5. The highest BCUT2D eigenvalue weighted by atomic mass is 16.5. The molecule has 0 aliphatic carbocycles. The van der Waals surface area contributed by atoms with Crippen LogP contribution >= 0.6 is 0 Å². The van der Waals surface area contributed by atoms with Crippen molar-refractivity contribution in [3.05, 3.63) is 42.1 Å². The van der Waals surface area contributed by atoms with Gasteiger partial charge in [-0.2, -0.15) is 0 Å². The van der Waals surface area contributed by atoms with Gasteiger partial charge in [-0.1, -0.05) is 32.6 Å². The second-order valence-corrected chi connectivity index (χ2v) is 4.43. The van der Waals surface area contributed by atoms with Crippen molar-refractivity contribution in [1.29, 1.82) is 0 Å². The maximum Gasteiger partial charge on any atom is 0.0548 e. The van der Waals surface area contributed by atoms with Gasteiger partial charge >= 0.3 is 0 Å². The van der Waals surface area contributed by atoms with Crippen LogP contribution in [0.15, 0.2) is 36.5 Å². The minimum absolute atomic E-state index is 0.453. The molecule has 0 saturated carbocycles. The number of ether oxygens (including phenoxy) is 1. The average Bonchev–Trinajstić information content (AvgIpc) is 2.42. The SMILES string of the molecule is C=C(Nc1cccc(C)c1)C1CCCOC1.CC. The Balaban J connectivity index is 0.000000771. The number of rotatable bonds is 3. The van der Waals surface area contributed by atoms with E-state index in [0.717, 1.165) is 31.0 Å². The molecule has 1 unspecified atom stereocenters. The quantitative estimate of drug-likeness (QED) is 0.856. The summed E-state index contributed by atoms with van der Waals surface area (Å²) in [5.41, 5.74) is 3.46. The molecule has 1 fully saturated rings. The van der Waals surface area contributed by atoms with Gasteiger partial charge in [-0.15, -0.1) is 0 Å². The summed E-state index contributed by atoms with van der Waals surface area (Å²) < 4.78 is 5.46. The van der Waals surface area contributed by atoms with Gasteiger partial charge in [0, 0.05) is 23.9 Å². The Kier molecular flexibility index (Phi) is 6.51. The van der Waals surface area contributed by atoms with E-state index in [9.17, 15) is 0 Å². The van der Waals surface area contributed by atoms with Gasteiger partial charge in [0.15, 0.2) is 0 Å². The third-order valence-electron chi connectivity index (χ3n) is 2.98. The van der Waals surface area contributed by atoms with Gasteiger partial charge in [-0.3, -0.25) is 0 Å². The first kappa shape index (κ1) is 14.8. The van der Waals surface area contributed by atoms with Crippen LogP contribution in [0.4, 0.5) is 5.69 Å². The molecule has 1 aromatic rings. The Labute approximate surface area is 111 Å². The highest BCUT2D eigenvalue weighted by Gasteiger charge is 2.16. The fraction of sp³-hybridized carbons (Fsp3) is 0.500. The zero-order chi connectivity index (χ0) is 13.4. The molecular weight excluding hydrogens is 222 g/mol. The summed E-state index contributed by atoms with van der Waals surface area (Å²) >= 11 is 0. The number of anilines is 1. The van der Waals surface area contributed by atoms with E-state index < -0.39 is 0 Å². The molecule has 0 bridgehead atoms. The number of hydrogen-bond acceptors (Lipinski definition) is 2. The third-order valence-corrected chi connectivity index (χ3v) is 2.98. The Morgan fingerprint density at radius 2 is 2.17 bits per heavy atom. The summed E-state index contributed by atoms with van der Waals surface area (Å²) in [7, 11) is 0. The van der Waals surface area contributed by atoms with Crippen molar-refractivity contribution >= 4 is 5.69 Å². The monoisotopic (exact) mass is 247 g/mol. The lowest BCUT2D eigenvalue weighted by atomic mass is 9.99. The predicted molar refractivity (Wildman–Crippen MR) is 78.8 cm³/mol. The largest absolute Gasteiger partial charge is 0.381 e. The van der Waals surface area contributed by atoms with E-state index in [0.29, 0.717) is 5.92 Å². The van der Waals surface area contributed by atoms with Gasteiger partial charge in [-0.25, -0.2) is 0 Å². The molecule has 0 radical (unpaired) electrons. The molecule has 1 aromatic carbocycles. The van der Waals surface area contributed by atoms with Crippen LogP contribution in [0.1, 0.15) is 32.3 Å². The average molecular weight is 247 g/mol. The first-order chi connectivity index (χ1) is 8.75. The topological polar surface area (TPSA) is 21.3 Å². The second kappa shape index (κ2) is 7.93. The summed E-state index contributed by atoms with van der Waals surface area (Å²) in [5.74, 6) is 0.453. The van der Waals surface area contributed by atoms with Crippen LogP contribution in [0.2, 0.25) is 0 Å². The van der Waals surface area contributed by atoms with Crippen molar-refractivity contribution in [2.75, 3.05) is 18.5 Å². The minimum Gasteiger partial charge on any atom is -0.381 e. The van der Waals surface area contributed by atoms with E-state index in [1.807, 2.05) is 13.8 Å². The van der Waals surface area contributed by atoms with E-state index in [1.165, 1.54) is 12.0 Å². The molecule has 1 N–H and O–H groups in total. The molecule has 18 heavy (non-hydrogen) atoms. The van der Waals surface area contributed by atoms with Crippen molar-refractivity contribution < 1.29 is 4.74 Å². The minimum atomic E-state index is 0.453. The van der Waals surface area contributed by atoms with Crippen LogP contribution in [0.25, 0.3) is 0 Å². The van der Waals surface area contributed by atoms with E-state index in [2.05, 4.69) is 43.1 Å². The van der Waals surface area contributed by atoms with E-state index in [-0.39, 0.29) is 0 Å². The summed E-state index contributed by atoms with van der Waals surface area (Å²) in [6.07, 6.45) is 2.32. The summed E-state index contributed by atoms with van der Waals surface area (Å²) in [6.45, 7) is 11.9. The van der Waals surface area contributed by atoms with Gasteiger partial charge < -0.3 is 10.1 Å². The summed E-state index contributed by atoms with van der Waals surface area (Å²) in [4.78, 5) is 0. The summed E-state index contributed by atoms with van der Waals surface area (Å²) in [6, 6.07) is 8.36. The molecule has 1 aliphatic rings. The van der Waals surface area contributed by atoms with Crippen LogP contribution in [-0.2, 0) is 4.74 Å². The van der Waals surface area contributed by atoms with Crippen molar-refractivity contribution in [3.63, 3.8) is 0 Å². The lowest BCUT2D eigenvalue weighted by molar-refractivity contribution is 0.0678. The third kappa shape index (κ3) is 4.53. The number of benzene rings is 1. The molecular formula is C16H25NO. The van der Waals surface area contributed by atoms with Gasteiger partial charge in [-0.05, 0) is 37.5 Å². The van der Waals surface area contributed by atoms with Gasteiger partial charge in [0.05, 0.1) is 6.61 Å². The molecule has 1 atom stereocenters. The van der Waals surface area contributed by atoms with Crippen LogP contribution in [0.5, 0.6) is 0 Å². The Bertz CT molecular complexity index is 367. The number of nitrogens with one attached hydrogen (secondary N) is 1. The first-order valence-corrected chi connectivity index (χ1v) is 6.86. The van der Waals surface area contributed by atoms with Gasteiger partial charge in [0.25, 0.3) is 0 Å². The van der Waals surface area contributed by atoms with Crippen LogP contribution in [-0.4, -0.2) is 13.2 Å². The maximum atomic E-state index is 5.46. The van der Waals surface area contributed by atoms with E-state index in [4.69, 9.17) is 4.74 Å². The Morgan fingerprint density at radius 1 is 1.39 bits per heavy atom. The first-order valence-electron chi connectivity index (χ1n) is 6.86. The number of hydrogen-bond donors (Lipinski definition) is 1. The Morgan fingerprint density at radius 3 is 2.78 bits per heavy atom. The van der Waals surface area contributed by atoms with E-state index in [1.54, 1.807) is 0 Å². The molecule has 1 aliphatic heterocycles. The highest BCUT2D eigenvalue weighted by Crippen LogP contribution is 2.22. The molecule has 0 spiro atoms. The lowest BCUT2D eigenvalue weighted by Crippen LogP contribution is -2.22. The zero-order valence-electron chi connectivity index (χ0n) is 11.8. The van der Waals surface area contributed by atoms with Crippen molar-refractivity contribution in [2.45, 2.75) is 33.6 Å². The van der Waals surface area contributed by atoms with Crippen LogP contribution < -0.4 is 5.32 Å². The lowest BCUT2D eigenvalue weighted by Gasteiger charge is -2.25. The van der Waals surface area contributed by atoms with Crippen molar-refractivity contribution in [2.24, 2.45) is 5.92 Å². The smallest absolute Gasteiger partial charge is 0.0548 e. The van der Waals surface area contributed by atoms with Crippen molar-refractivity contribution in [3.8, 4) is 0 Å². The second-order valence-electron chi connectivity index (χ2n) is 4.43. The zero-order valence-corrected chi connectivity index (χ0v) is 11.8. The van der Waals surface area contributed by atoms with Crippen LogP contribution in [0, 0.1) is 12.8 Å². The number of aryl methyl sites for hydroxylation is 1. The molecule has 0 aromatic heterocycles. The standard InChI is InChI=1S/C14H19NO.C2H6/c1-11-5-3-7-14(9-11)15-12(2)13-6-4-8-16-10-13;1-2/h3,5,7,9,13,15H,2,4,6,8,10H2,1H3;1-2H3. The molecule has 2 nitrogen and oxygen atoms in total. The molecule has 1 heterocycles. The van der Waals surface area contributed by atoms with Gasteiger partial charge in [0.2, 0.25) is 0 Å². The molecule has 2 rings (SSSR count). The Hall–Kier alpha value is -1.28. The van der Waals surface area contributed by atoms with Crippen LogP contribution in [0.3, 0.4) is 0 Å². The molecule has 1 saturated heterocycles.